The van der Waals surface area contributed by atoms with Crippen LogP contribution in [0.5, 0.6) is 0 Å². The van der Waals surface area contributed by atoms with Gasteiger partial charge in [-0.1, -0.05) is 19.9 Å². The number of carbonyl (C=O) groups is 1. The Morgan fingerprint density at radius 1 is 1.40 bits per heavy atom. The number of nitrogens with zero attached hydrogens (tertiary/aromatic N) is 2. The summed E-state index contributed by atoms with van der Waals surface area (Å²) in [6.45, 7) is 4.09. The maximum absolute atomic E-state index is 12.0. The summed E-state index contributed by atoms with van der Waals surface area (Å²) in [5.41, 5.74) is 7.49. The van der Waals surface area contributed by atoms with Crippen molar-refractivity contribution in [3.8, 4) is 5.69 Å². The van der Waals surface area contributed by atoms with Crippen molar-refractivity contribution in [3.05, 3.63) is 42.7 Å². The topological polar surface area (TPSA) is 72.9 Å². The van der Waals surface area contributed by atoms with Crippen molar-refractivity contribution in [2.24, 2.45) is 11.7 Å². The standard InChI is InChI=1S/C15H20N4O/c1-11(2)9-14(16)15(20)18-12-5-3-6-13(10-12)19-8-4-7-17-19/h3-8,10-11,14H,9,16H2,1-2H3,(H,18,20)/t14-/m1/s1. The zero-order chi connectivity index (χ0) is 14.5. The van der Waals surface area contributed by atoms with Crippen LogP contribution < -0.4 is 11.1 Å². The van der Waals surface area contributed by atoms with E-state index in [4.69, 9.17) is 5.73 Å². The highest BCUT2D eigenvalue weighted by Crippen LogP contribution is 2.14. The van der Waals surface area contributed by atoms with Gasteiger partial charge in [-0.2, -0.15) is 5.10 Å². The van der Waals surface area contributed by atoms with Crippen LogP contribution in [0.15, 0.2) is 42.7 Å². The lowest BCUT2D eigenvalue weighted by molar-refractivity contribution is -0.117. The zero-order valence-corrected chi connectivity index (χ0v) is 11.8. The van der Waals surface area contributed by atoms with Crippen molar-refractivity contribution in [2.75, 3.05) is 5.32 Å². The molecule has 0 fully saturated rings. The number of carbonyl (C=O) groups excluding carboxylic acids is 1. The van der Waals surface area contributed by atoms with Gasteiger partial charge in [-0.15, -0.1) is 0 Å². The second-order valence-electron chi connectivity index (χ2n) is 5.23. The average molecular weight is 272 g/mol. The van der Waals surface area contributed by atoms with Crippen LogP contribution in [0.2, 0.25) is 0 Å². The number of hydrogen-bond acceptors (Lipinski definition) is 3. The summed E-state index contributed by atoms with van der Waals surface area (Å²) in [5, 5.41) is 7.00. The van der Waals surface area contributed by atoms with Crippen molar-refractivity contribution in [3.63, 3.8) is 0 Å². The highest BCUT2D eigenvalue weighted by atomic mass is 16.2. The average Bonchev–Trinajstić information content (AvgIpc) is 2.92. The number of hydrogen-bond donors (Lipinski definition) is 2. The smallest absolute Gasteiger partial charge is 0.241 e. The lowest BCUT2D eigenvalue weighted by atomic mass is 10.0. The van der Waals surface area contributed by atoms with Crippen molar-refractivity contribution < 1.29 is 4.79 Å². The fourth-order valence-electron chi connectivity index (χ4n) is 2.00. The summed E-state index contributed by atoms with van der Waals surface area (Å²) in [7, 11) is 0. The number of nitrogens with two attached hydrogens (primary N) is 1. The van der Waals surface area contributed by atoms with Gasteiger partial charge >= 0.3 is 0 Å². The SMILES string of the molecule is CC(C)C[C@@H](N)C(=O)Nc1cccc(-n2cccn2)c1. The highest BCUT2D eigenvalue weighted by Gasteiger charge is 2.15. The van der Waals surface area contributed by atoms with Crippen LogP contribution >= 0.6 is 0 Å². The Bertz CT molecular complexity index is 563. The third kappa shape index (κ3) is 3.68. The Morgan fingerprint density at radius 3 is 2.85 bits per heavy atom. The van der Waals surface area contributed by atoms with Gasteiger partial charge in [-0.3, -0.25) is 4.79 Å². The molecule has 20 heavy (non-hydrogen) atoms. The van der Waals surface area contributed by atoms with E-state index >= 15 is 0 Å². The molecule has 5 nitrogen and oxygen atoms in total. The number of rotatable bonds is 5. The zero-order valence-electron chi connectivity index (χ0n) is 11.8. The van der Waals surface area contributed by atoms with Gasteiger partial charge < -0.3 is 11.1 Å². The minimum absolute atomic E-state index is 0.156. The lowest BCUT2D eigenvalue weighted by Crippen LogP contribution is -2.36. The quantitative estimate of drug-likeness (QED) is 0.876. The summed E-state index contributed by atoms with van der Waals surface area (Å²) in [4.78, 5) is 12.0. The molecule has 0 aliphatic heterocycles. The first-order chi connectivity index (χ1) is 9.56. The van der Waals surface area contributed by atoms with E-state index < -0.39 is 6.04 Å². The molecular formula is C15H20N4O. The molecule has 2 aromatic rings. The first-order valence-electron chi connectivity index (χ1n) is 6.73. The molecule has 1 aromatic heterocycles. The van der Waals surface area contributed by atoms with E-state index in [9.17, 15) is 4.79 Å². The van der Waals surface area contributed by atoms with Crippen LogP contribution in [-0.4, -0.2) is 21.7 Å². The third-order valence-electron chi connectivity index (χ3n) is 2.94. The van der Waals surface area contributed by atoms with E-state index in [0.29, 0.717) is 12.3 Å². The Morgan fingerprint density at radius 2 is 2.20 bits per heavy atom. The van der Waals surface area contributed by atoms with E-state index in [1.807, 2.05) is 50.4 Å². The van der Waals surface area contributed by atoms with Crippen LogP contribution in [0.1, 0.15) is 20.3 Å². The first kappa shape index (κ1) is 14.3. The maximum Gasteiger partial charge on any atom is 0.241 e. The van der Waals surface area contributed by atoms with Gasteiger partial charge in [-0.05, 0) is 36.6 Å². The largest absolute Gasteiger partial charge is 0.325 e. The maximum atomic E-state index is 12.0. The molecule has 3 N–H and O–H groups in total. The molecule has 5 heteroatoms. The predicted octanol–water partition coefficient (Wildman–Crippen LogP) is 2.18. The number of anilines is 1. The Balaban J connectivity index is 2.07. The molecule has 0 aliphatic rings. The minimum atomic E-state index is -0.483. The minimum Gasteiger partial charge on any atom is -0.325 e. The number of amides is 1. The molecule has 0 radical (unpaired) electrons. The van der Waals surface area contributed by atoms with Crippen LogP contribution in [0.25, 0.3) is 5.69 Å². The van der Waals surface area contributed by atoms with Crippen LogP contribution in [0, 0.1) is 5.92 Å². The van der Waals surface area contributed by atoms with E-state index in [2.05, 4.69) is 10.4 Å². The van der Waals surface area contributed by atoms with Gasteiger partial charge in [0.1, 0.15) is 0 Å². The summed E-state index contributed by atoms with van der Waals surface area (Å²) in [6.07, 6.45) is 4.24. The molecule has 0 aliphatic carbocycles. The summed E-state index contributed by atoms with van der Waals surface area (Å²) < 4.78 is 1.74. The molecule has 1 aromatic carbocycles. The van der Waals surface area contributed by atoms with Crippen molar-refractivity contribution in [1.29, 1.82) is 0 Å². The number of aromatic nitrogens is 2. The molecule has 0 spiro atoms. The van der Waals surface area contributed by atoms with Crippen LogP contribution in [0.3, 0.4) is 0 Å². The van der Waals surface area contributed by atoms with Gasteiger partial charge in [0.2, 0.25) is 5.91 Å². The molecule has 0 saturated carbocycles. The van der Waals surface area contributed by atoms with Gasteiger partial charge in [0.25, 0.3) is 0 Å². The molecule has 1 amide bonds. The van der Waals surface area contributed by atoms with E-state index in [1.54, 1.807) is 10.9 Å². The van der Waals surface area contributed by atoms with E-state index in [0.717, 1.165) is 11.4 Å². The summed E-state index contributed by atoms with van der Waals surface area (Å²) in [5.74, 6) is 0.238. The Kier molecular flexibility index (Phi) is 4.53. The molecular weight excluding hydrogens is 252 g/mol. The molecule has 0 bridgehead atoms. The number of benzene rings is 1. The third-order valence-corrected chi connectivity index (χ3v) is 2.94. The molecule has 0 unspecified atom stereocenters. The number of nitrogens with one attached hydrogen (secondary N) is 1. The molecule has 2 rings (SSSR count). The fourth-order valence-corrected chi connectivity index (χ4v) is 2.00. The highest BCUT2D eigenvalue weighted by molar-refractivity contribution is 5.94. The van der Waals surface area contributed by atoms with Gasteiger partial charge in [0, 0.05) is 18.1 Å². The fraction of sp³-hybridized carbons (Fsp3) is 0.333. The van der Waals surface area contributed by atoms with Crippen molar-refractivity contribution >= 4 is 11.6 Å². The second-order valence-corrected chi connectivity index (χ2v) is 5.23. The first-order valence-corrected chi connectivity index (χ1v) is 6.73. The van der Waals surface area contributed by atoms with E-state index in [1.165, 1.54) is 0 Å². The van der Waals surface area contributed by atoms with Crippen molar-refractivity contribution in [2.45, 2.75) is 26.3 Å². The van der Waals surface area contributed by atoms with Gasteiger partial charge in [0.05, 0.1) is 11.7 Å². The normalized spacial score (nSPS) is 12.4. The molecule has 0 saturated heterocycles. The van der Waals surface area contributed by atoms with Gasteiger partial charge in [0.15, 0.2) is 0 Å². The van der Waals surface area contributed by atoms with Crippen LogP contribution in [-0.2, 0) is 4.79 Å². The van der Waals surface area contributed by atoms with Crippen molar-refractivity contribution in [1.82, 2.24) is 9.78 Å². The predicted molar refractivity (Wildman–Crippen MR) is 79.6 cm³/mol. The lowest BCUT2D eigenvalue weighted by Gasteiger charge is -2.14. The molecule has 1 atom stereocenters. The summed E-state index contributed by atoms with van der Waals surface area (Å²) >= 11 is 0. The molecule has 106 valence electrons. The molecule has 1 heterocycles. The Hall–Kier alpha value is -2.14. The van der Waals surface area contributed by atoms with Crippen LogP contribution in [0.4, 0.5) is 5.69 Å². The van der Waals surface area contributed by atoms with Gasteiger partial charge in [-0.25, -0.2) is 4.68 Å². The second kappa shape index (κ2) is 6.34. The Labute approximate surface area is 118 Å². The van der Waals surface area contributed by atoms with E-state index in [-0.39, 0.29) is 5.91 Å². The summed E-state index contributed by atoms with van der Waals surface area (Å²) in [6, 6.07) is 8.88. The monoisotopic (exact) mass is 272 g/mol.